The Bertz CT molecular complexity index is 883. The zero-order valence-electron chi connectivity index (χ0n) is 16.7. The van der Waals surface area contributed by atoms with E-state index in [4.69, 9.17) is 4.98 Å². The molecule has 0 bridgehead atoms. The van der Waals surface area contributed by atoms with Crippen LogP contribution in [0.5, 0.6) is 0 Å². The summed E-state index contributed by atoms with van der Waals surface area (Å²) in [7, 11) is 0. The molecule has 3 aromatic rings. The first-order chi connectivity index (χ1) is 13.2. The summed E-state index contributed by atoms with van der Waals surface area (Å²) in [5, 5.41) is 0. The van der Waals surface area contributed by atoms with Crippen LogP contribution in [0.1, 0.15) is 48.2 Å². The quantitative estimate of drug-likeness (QED) is 0.596. The number of aromatic nitrogens is 2. The number of aryl methyl sites for hydroxylation is 3. The third-order valence-electron chi connectivity index (χ3n) is 6.00. The normalized spacial score (nSPS) is 15.5. The van der Waals surface area contributed by atoms with Crippen LogP contribution in [0.4, 0.5) is 0 Å². The van der Waals surface area contributed by atoms with Gasteiger partial charge in [0.1, 0.15) is 5.82 Å². The summed E-state index contributed by atoms with van der Waals surface area (Å²) in [6, 6.07) is 15.2. The van der Waals surface area contributed by atoms with Gasteiger partial charge >= 0.3 is 0 Å². The molecule has 142 valence electrons. The van der Waals surface area contributed by atoms with Crippen LogP contribution in [0, 0.1) is 13.8 Å². The molecular formula is C24H31N3. The largest absolute Gasteiger partial charge is 0.327 e. The molecule has 1 fully saturated rings. The molecule has 1 saturated heterocycles. The van der Waals surface area contributed by atoms with Gasteiger partial charge in [-0.1, -0.05) is 36.8 Å². The topological polar surface area (TPSA) is 21.1 Å². The minimum Gasteiger partial charge on any atom is -0.327 e. The van der Waals surface area contributed by atoms with Gasteiger partial charge < -0.3 is 4.57 Å². The molecule has 2 aromatic carbocycles. The van der Waals surface area contributed by atoms with Crippen LogP contribution in [0.15, 0.2) is 42.5 Å². The number of likely N-dealkylation sites (tertiary alicyclic amines) is 1. The monoisotopic (exact) mass is 361 g/mol. The lowest BCUT2D eigenvalue weighted by Crippen LogP contribution is -2.30. The molecule has 4 rings (SSSR count). The molecular weight excluding hydrogens is 330 g/mol. The standard InChI is InChI=1S/C24H31N3/c1-19-10-8-11-20(2)21(19)12-9-17-27-23-14-5-4-13-22(23)25-24(27)18-26-15-6-3-7-16-26/h4-5,8,10-11,13-14H,3,6-7,9,12,15-18H2,1-2H3. The molecule has 0 aliphatic carbocycles. The van der Waals surface area contributed by atoms with Crippen molar-refractivity contribution in [2.24, 2.45) is 0 Å². The van der Waals surface area contributed by atoms with E-state index in [-0.39, 0.29) is 0 Å². The Balaban J connectivity index is 1.53. The Morgan fingerprint density at radius 1 is 0.889 bits per heavy atom. The summed E-state index contributed by atoms with van der Waals surface area (Å²) >= 11 is 0. The number of benzene rings is 2. The van der Waals surface area contributed by atoms with Crippen molar-refractivity contribution in [1.82, 2.24) is 14.5 Å². The van der Waals surface area contributed by atoms with E-state index in [9.17, 15) is 0 Å². The third-order valence-corrected chi connectivity index (χ3v) is 6.00. The smallest absolute Gasteiger partial charge is 0.124 e. The molecule has 1 aliphatic heterocycles. The Hall–Kier alpha value is -2.13. The van der Waals surface area contributed by atoms with E-state index in [1.54, 1.807) is 0 Å². The minimum atomic E-state index is 0.984. The SMILES string of the molecule is Cc1cccc(C)c1CCCn1c(CN2CCCCC2)nc2ccccc21. The summed E-state index contributed by atoms with van der Waals surface area (Å²) in [4.78, 5) is 7.56. The molecule has 3 heteroatoms. The lowest BCUT2D eigenvalue weighted by Gasteiger charge is -2.26. The fourth-order valence-electron chi connectivity index (χ4n) is 4.47. The van der Waals surface area contributed by atoms with Gasteiger partial charge in [0.2, 0.25) is 0 Å². The molecule has 1 aromatic heterocycles. The van der Waals surface area contributed by atoms with E-state index in [2.05, 4.69) is 65.8 Å². The fraction of sp³-hybridized carbons (Fsp3) is 0.458. The van der Waals surface area contributed by atoms with E-state index in [0.717, 1.165) is 31.4 Å². The molecule has 0 saturated carbocycles. The van der Waals surface area contributed by atoms with Gasteiger partial charge in [0.05, 0.1) is 17.6 Å². The molecule has 27 heavy (non-hydrogen) atoms. The number of para-hydroxylation sites is 2. The zero-order valence-corrected chi connectivity index (χ0v) is 16.7. The van der Waals surface area contributed by atoms with E-state index >= 15 is 0 Å². The maximum Gasteiger partial charge on any atom is 0.124 e. The highest BCUT2D eigenvalue weighted by Gasteiger charge is 2.16. The average molecular weight is 362 g/mol. The van der Waals surface area contributed by atoms with Gasteiger partial charge in [-0.2, -0.15) is 0 Å². The van der Waals surface area contributed by atoms with Crippen molar-refractivity contribution in [3.8, 4) is 0 Å². The van der Waals surface area contributed by atoms with Gasteiger partial charge in [-0.05, 0) is 81.4 Å². The Labute approximate surface area is 163 Å². The predicted molar refractivity (Wildman–Crippen MR) is 113 cm³/mol. The van der Waals surface area contributed by atoms with Crippen molar-refractivity contribution in [3.63, 3.8) is 0 Å². The van der Waals surface area contributed by atoms with Crippen molar-refractivity contribution >= 4 is 11.0 Å². The molecule has 1 aliphatic rings. The van der Waals surface area contributed by atoms with E-state index in [0.29, 0.717) is 0 Å². The lowest BCUT2D eigenvalue weighted by atomic mass is 9.99. The van der Waals surface area contributed by atoms with Crippen molar-refractivity contribution in [2.45, 2.75) is 59.0 Å². The maximum absolute atomic E-state index is 4.99. The van der Waals surface area contributed by atoms with E-state index in [1.807, 2.05) is 0 Å². The molecule has 3 nitrogen and oxygen atoms in total. The van der Waals surface area contributed by atoms with Gasteiger partial charge in [-0.3, -0.25) is 4.90 Å². The number of nitrogens with zero attached hydrogens (tertiary/aromatic N) is 3. The van der Waals surface area contributed by atoms with Crippen molar-refractivity contribution < 1.29 is 0 Å². The number of imidazole rings is 1. The number of hydrogen-bond donors (Lipinski definition) is 0. The summed E-state index contributed by atoms with van der Waals surface area (Å²) in [6.45, 7) is 8.92. The van der Waals surface area contributed by atoms with Gasteiger partial charge in [-0.15, -0.1) is 0 Å². The number of rotatable bonds is 6. The maximum atomic E-state index is 4.99. The lowest BCUT2D eigenvalue weighted by molar-refractivity contribution is 0.213. The highest BCUT2D eigenvalue weighted by atomic mass is 15.2. The molecule has 0 amide bonds. The number of piperidine rings is 1. The van der Waals surface area contributed by atoms with E-state index < -0.39 is 0 Å². The van der Waals surface area contributed by atoms with Crippen molar-refractivity contribution in [3.05, 3.63) is 65.0 Å². The summed E-state index contributed by atoms with van der Waals surface area (Å²) in [5.41, 5.74) is 6.76. The van der Waals surface area contributed by atoms with Gasteiger partial charge in [0, 0.05) is 6.54 Å². The van der Waals surface area contributed by atoms with Crippen molar-refractivity contribution in [1.29, 1.82) is 0 Å². The highest BCUT2D eigenvalue weighted by molar-refractivity contribution is 5.75. The van der Waals surface area contributed by atoms with Crippen molar-refractivity contribution in [2.75, 3.05) is 13.1 Å². The van der Waals surface area contributed by atoms with Crippen LogP contribution >= 0.6 is 0 Å². The first-order valence-electron chi connectivity index (χ1n) is 10.4. The van der Waals surface area contributed by atoms with Crippen LogP contribution in [0.2, 0.25) is 0 Å². The average Bonchev–Trinajstić information content (AvgIpc) is 3.02. The summed E-state index contributed by atoms with van der Waals surface area (Å²) in [5.74, 6) is 1.24. The second-order valence-corrected chi connectivity index (χ2v) is 7.98. The van der Waals surface area contributed by atoms with Gasteiger partial charge in [0.15, 0.2) is 0 Å². The van der Waals surface area contributed by atoms with Crippen LogP contribution < -0.4 is 0 Å². The minimum absolute atomic E-state index is 0.984. The Morgan fingerprint density at radius 2 is 1.63 bits per heavy atom. The fourth-order valence-corrected chi connectivity index (χ4v) is 4.47. The Kier molecular flexibility index (Phi) is 5.58. The van der Waals surface area contributed by atoms with Crippen LogP contribution in [0.3, 0.4) is 0 Å². The number of hydrogen-bond acceptors (Lipinski definition) is 2. The highest BCUT2D eigenvalue weighted by Crippen LogP contribution is 2.21. The Morgan fingerprint density at radius 3 is 2.41 bits per heavy atom. The second kappa shape index (κ2) is 8.26. The summed E-state index contributed by atoms with van der Waals surface area (Å²) in [6.07, 6.45) is 6.31. The predicted octanol–water partition coefficient (Wildman–Crippen LogP) is 5.27. The van der Waals surface area contributed by atoms with E-state index in [1.165, 1.54) is 60.4 Å². The van der Waals surface area contributed by atoms with Crippen LogP contribution in [0.25, 0.3) is 11.0 Å². The zero-order chi connectivity index (χ0) is 18.6. The van der Waals surface area contributed by atoms with Crippen LogP contribution in [-0.4, -0.2) is 27.5 Å². The van der Waals surface area contributed by atoms with Gasteiger partial charge in [0.25, 0.3) is 0 Å². The molecule has 0 atom stereocenters. The molecule has 0 unspecified atom stereocenters. The third kappa shape index (κ3) is 4.08. The second-order valence-electron chi connectivity index (χ2n) is 7.98. The summed E-state index contributed by atoms with van der Waals surface area (Å²) < 4.78 is 2.47. The molecule has 2 heterocycles. The molecule has 0 spiro atoms. The first kappa shape index (κ1) is 18.2. The first-order valence-corrected chi connectivity index (χ1v) is 10.4. The number of fused-ring (bicyclic) bond motifs is 1. The molecule has 0 radical (unpaired) electrons. The van der Waals surface area contributed by atoms with Crippen LogP contribution in [-0.2, 0) is 19.5 Å². The molecule has 0 N–H and O–H groups in total. The van der Waals surface area contributed by atoms with Gasteiger partial charge in [-0.25, -0.2) is 4.98 Å².